The molecule has 0 atom stereocenters. The Labute approximate surface area is 148 Å². The number of imidazole rings is 1. The SMILES string of the molecule is COC(=O)c1ccc(C(=O)NCc2ccc(-n3ccnc3C)nc2)s1. The second-order valence-electron chi connectivity index (χ2n) is 5.21. The second kappa shape index (κ2) is 7.27. The summed E-state index contributed by atoms with van der Waals surface area (Å²) in [6, 6.07) is 6.96. The number of aryl methyl sites for hydroxylation is 1. The zero-order chi connectivity index (χ0) is 17.8. The predicted octanol–water partition coefficient (Wildman–Crippen LogP) is 2.35. The molecule has 0 unspecified atom stereocenters. The first-order valence-corrected chi connectivity index (χ1v) is 8.31. The predicted molar refractivity (Wildman–Crippen MR) is 92.9 cm³/mol. The van der Waals surface area contributed by atoms with Gasteiger partial charge in [0.05, 0.1) is 12.0 Å². The van der Waals surface area contributed by atoms with Crippen molar-refractivity contribution in [1.82, 2.24) is 19.9 Å². The minimum Gasteiger partial charge on any atom is -0.465 e. The molecule has 0 aliphatic rings. The molecule has 3 rings (SSSR count). The Morgan fingerprint density at radius 1 is 1.20 bits per heavy atom. The average molecular weight is 356 g/mol. The van der Waals surface area contributed by atoms with Gasteiger partial charge in [0.2, 0.25) is 0 Å². The third-order valence-electron chi connectivity index (χ3n) is 3.55. The van der Waals surface area contributed by atoms with E-state index in [9.17, 15) is 9.59 Å². The van der Waals surface area contributed by atoms with Gasteiger partial charge >= 0.3 is 5.97 Å². The number of carbonyl (C=O) groups is 2. The lowest BCUT2D eigenvalue weighted by Crippen LogP contribution is -2.21. The summed E-state index contributed by atoms with van der Waals surface area (Å²) in [5, 5.41) is 2.81. The topological polar surface area (TPSA) is 86.1 Å². The summed E-state index contributed by atoms with van der Waals surface area (Å²) in [5.41, 5.74) is 0.875. The maximum Gasteiger partial charge on any atom is 0.348 e. The van der Waals surface area contributed by atoms with Crippen LogP contribution < -0.4 is 5.32 Å². The highest BCUT2D eigenvalue weighted by molar-refractivity contribution is 7.15. The number of amides is 1. The highest BCUT2D eigenvalue weighted by atomic mass is 32.1. The molecule has 0 aromatic carbocycles. The van der Waals surface area contributed by atoms with Crippen LogP contribution in [0.1, 0.15) is 30.7 Å². The van der Waals surface area contributed by atoms with E-state index in [2.05, 4.69) is 20.0 Å². The molecular weight excluding hydrogens is 340 g/mol. The molecule has 0 bridgehead atoms. The lowest BCUT2D eigenvalue weighted by atomic mass is 10.2. The third-order valence-corrected chi connectivity index (χ3v) is 4.62. The zero-order valence-corrected chi connectivity index (χ0v) is 14.5. The number of rotatable bonds is 5. The number of aromatic nitrogens is 3. The van der Waals surface area contributed by atoms with Crippen LogP contribution in [0.2, 0.25) is 0 Å². The molecule has 0 aliphatic heterocycles. The van der Waals surface area contributed by atoms with Gasteiger partial charge in [0, 0.05) is 25.1 Å². The molecule has 0 saturated carbocycles. The van der Waals surface area contributed by atoms with E-state index >= 15 is 0 Å². The molecule has 1 amide bonds. The number of methoxy groups -OCH3 is 1. The van der Waals surface area contributed by atoms with Crippen molar-refractivity contribution in [3.05, 3.63) is 64.0 Å². The van der Waals surface area contributed by atoms with Gasteiger partial charge in [0.15, 0.2) is 0 Å². The van der Waals surface area contributed by atoms with Crippen LogP contribution in [-0.4, -0.2) is 33.5 Å². The van der Waals surface area contributed by atoms with E-state index in [1.807, 2.05) is 29.8 Å². The number of pyridine rings is 1. The molecule has 3 aromatic rings. The van der Waals surface area contributed by atoms with Gasteiger partial charge < -0.3 is 10.1 Å². The zero-order valence-electron chi connectivity index (χ0n) is 13.7. The van der Waals surface area contributed by atoms with E-state index in [-0.39, 0.29) is 5.91 Å². The van der Waals surface area contributed by atoms with Crippen molar-refractivity contribution in [1.29, 1.82) is 0 Å². The molecule has 128 valence electrons. The summed E-state index contributed by atoms with van der Waals surface area (Å²) in [6.45, 7) is 2.25. The molecule has 0 aliphatic carbocycles. The van der Waals surface area contributed by atoms with Crippen LogP contribution >= 0.6 is 11.3 Å². The van der Waals surface area contributed by atoms with Gasteiger partial charge in [-0.1, -0.05) is 6.07 Å². The lowest BCUT2D eigenvalue weighted by Gasteiger charge is -2.06. The summed E-state index contributed by atoms with van der Waals surface area (Å²) in [4.78, 5) is 33.0. The van der Waals surface area contributed by atoms with E-state index in [1.165, 1.54) is 7.11 Å². The van der Waals surface area contributed by atoms with Gasteiger partial charge in [-0.05, 0) is 30.7 Å². The Morgan fingerprint density at radius 2 is 2.00 bits per heavy atom. The van der Waals surface area contributed by atoms with E-state index in [4.69, 9.17) is 0 Å². The van der Waals surface area contributed by atoms with Gasteiger partial charge in [-0.2, -0.15) is 0 Å². The van der Waals surface area contributed by atoms with Gasteiger partial charge in [-0.3, -0.25) is 9.36 Å². The summed E-state index contributed by atoms with van der Waals surface area (Å²) >= 11 is 1.10. The van der Waals surface area contributed by atoms with Crippen LogP contribution in [0.5, 0.6) is 0 Å². The standard InChI is InChI=1S/C17H16N4O3S/c1-11-18-7-8-21(11)15-6-3-12(9-19-15)10-20-16(22)13-4-5-14(25-13)17(23)24-2/h3-9H,10H2,1-2H3,(H,20,22). The van der Waals surface area contributed by atoms with Crippen LogP contribution in [0.4, 0.5) is 0 Å². The van der Waals surface area contributed by atoms with Crippen molar-refractivity contribution in [3.63, 3.8) is 0 Å². The summed E-state index contributed by atoms with van der Waals surface area (Å²) < 4.78 is 6.51. The van der Waals surface area contributed by atoms with Gasteiger partial charge in [0.25, 0.3) is 5.91 Å². The first-order valence-electron chi connectivity index (χ1n) is 7.50. The number of thiophene rings is 1. The van der Waals surface area contributed by atoms with Crippen LogP contribution in [0.3, 0.4) is 0 Å². The highest BCUT2D eigenvalue weighted by Gasteiger charge is 2.13. The van der Waals surface area contributed by atoms with Crippen LogP contribution in [0, 0.1) is 6.92 Å². The molecule has 0 fully saturated rings. The summed E-state index contributed by atoms with van der Waals surface area (Å²) in [7, 11) is 1.31. The molecule has 7 nitrogen and oxygen atoms in total. The fourth-order valence-corrected chi connectivity index (χ4v) is 3.06. The van der Waals surface area contributed by atoms with Crippen LogP contribution in [0.15, 0.2) is 42.9 Å². The fraction of sp³-hybridized carbons (Fsp3) is 0.176. The lowest BCUT2D eigenvalue weighted by molar-refractivity contribution is 0.0606. The van der Waals surface area contributed by atoms with E-state index in [0.29, 0.717) is 16.3 Å². The van der Waals surface area contributed by atoms with E-state index in [1.54, 1.807) is 24.5 Å². The van der Waals surface area contributed by atoms with Crippen molar-refractivity contribution in [3.8, 4) is 5.82 Å². The van der Waals surface area contributed by atoms with E-state index < -0.39 is 5.97 Å². The number of hydrogen-bond acceptors (Lipinski definition) is 6. The first-order chi connectivity index (χ1) is 12.1. The van der Waals surface area contributed by atoms with Gasteiger partial charge in [0.1, 0.15) is 16.5 Å². The van der Waals surface area contributed by atoms with Crippen molar-refractivity contribution in [2.45, 2.75) is 13.5 Å². The number of hydrogen-bond donors (Lipinski definition) is 1. The highest BCUT2D eigenvalue weighted by Crippen LogP contribution is 2.17. The second-order valence-corrected chi connectivity index (χ2v) is 6.29. The molecule has 8 heteroatoms. The maximum absolute atomic E-state index is 12.2. The quantitative estimate of drug-likeness (QED) is 0.709. The number of carbonyl (C=O) groups excluding carboxylic acids is 2. The molecule has 25 heavy (non-hydrogen) atoms. The molecular formula is C17H16N4O3S. The van der Waals surface area contributed by atoms with Crippen molar-refractivity contribution in [2.24, 2.45) is 0 Å². The van der Waals surface area contributed by atoms with Crippen molar-refractivity contribution < 1.29 is 14.3 Å². The Kier molecular flexibility index (Phi) is 4.90. The van der Waals surface area contributed by atoms with E-state index in [0.717, 1.165) is 28.5 Å². The van der Waals surface area contributed by atoms with Crippen molar-refractivity contribution in [2.75, 3.05) is 7.11 Å². The molecule has 0 saturated heterocycles. The molecule has 1 N–H and O–H groups in total. The molecule has 0 radical (unpaired) electrons. The first kappa shape index (κ1) is 16.8. The Bertz CT molecular complexity index is 899. The number of nitrogens with zero attached hydrogens (tertiary/aromatic N) is 3. The summed E-state index contributed by atoms with van der Waals surface area (Å²) in [6.07, 6.45) is 5.27. The molecule has 3 heterocycles. The number of esters is 1. The Hall–Kier alpha value is -3.00. The molecule has 0 spiro atoms. The minimum absolute atomic E-state index is 0.241. The van der Waals surface area contributed by atoms with Crippen LogP contribution in [-0.2, 0) is 11.3 Å². The summed E-state index contributed by atoms with van der Waals surface area (Å²) in [5.74, 6) is 0.937. The number of ether oxygens (including phenoxy) is 1. The van der Waals surface area contributed by atoms with Gasteiger partial charge in [-0.25, -0.2) is 14.8 Å². The monoisotopic (exact) mass is 356 g/mol. The Morgan fingerprint density at radius 3 is 2.64 bits per heavy atom. The number of nitrogens with one attached hydrogen (secondary N) is 1. The Balaban J connectivity index is 1.61. The largest absolute Gasteiger partial charge is 0.465 e. The fourth-order valence-electron chi connectivity index (χ4n) is 2.22. The smallest absolute Gasteiger partial charge is 0.348 e. The van der Waals surface area contributed by atoms with Crippen LogP contribution in [0.25, 0.3) is 5.82 Å². The molecule has 3 aromatic heterocycles. The van der Waals surface area contributed by atoms with Crippen molar-refractivity contribution >= 4 is 23.2 Å². The normalized spacial score (nSPS) is 10.5. The maximum atomic E-state index is 12.2. The minimum atomic E-state index is -0.446. The van der Waals surface area contributed by atoms with Gasteiger partial charge in [-0.15, -0.1) is 11.3 Å². The average Bonchev–Trinajstić information content (AvgIpc) is 3.29. The third kappa shape index (κ3) is 3.74.